The summed E-state index contributed by atoms with van der Waals surface area (Å²) in [7, 11) is 0. The minimum atomic E-state index is -0.722. The second-order valence-corrected chi connectivity index (χ2v) is 5.34. The topological polar surface area (TPSA) is 20.2 Å². The average molecular weight is 293 g/mol. The van der Waals surface area contributed by atoms with Crippen molar-refractivity contribution in [2.24, 2.45) is 0 Å². The van der Waals surface area contributed by atoms with E-state index in [1.807, 2.05) is 24.3 Å². The first kappa shape index (κ1) is 15.0. The molecule has 0 heterocycles. The summed E-state index contributed by atoms with van der Waals surface area (Å²) in [6.07, 6.45) is 1.54. The molecule has 0 spiro atoms. The van der Waals surface area contributed by atoms with Crippen LogP contribution in [0.15, 0.2) is 42.5 Å². The molecule has 1 unspecified atom stereocenters. The van der Waals surface area contributed by atoms with Crippen molar-refractivity contribution in [3.05, 3.63) is 70.0 Å². The number of hydrogen-bond acceptors (Lipinski definition) is 1. The Morgan fingerprint density at radius 3 is 2.70 bits per heavy atom. The Balaban J connectivity index is 2.17. The summed E-state index contributed by atoms with van der Waals surface area (Å²) >= 11 is 5.75. The second kappa shape index (κ2) is 6.87. The highest BCUT2D eigenvalue weighted by Gasteiger charge is 2.13. The number of hydrogen-bond donors (Lipinski definition) is 1. The predicted molar refractivity (Wildman–Crippen MR) is 80.5 cm³/mol. The van der Waals surface area contributed by atoms with E-state index >= 15 is 0 Å². The number of aliphatic hydroxyl groups excluding tert-OH is 1. The van der Waals surface area contributed by atoms with Gasteiger partial charge in [0, 0.05) is 6.42 Å². The maximum absolute atomic E-state index is 13.8. The predicted octanol–water partition coefficient (Wildman–Crippen LogP) is 4.71. The van der Waals surface area contributed by atoms with Gasteiger partial charge in [0.25, 0.3) is 0 Å². The highest BCUT2D eigenvalue weighted by molar-refractivity contribution is 6.30. The summed E-state index contributed by atoms with van der Waals surface area (Å²) in [6, 6.07) is 12.7. The Bertz CT molecular complexity index is 583. The molecule has 0 aliphatic carbocycles. The van der Waals surface area contributed by atoms with Crippen LogP contribution in [0, 0.1) is 5.82 Å². The van der Waals surface area contributed by atoms with E-state index in [1.165, 1.54) is 11.6 Å². The molecule has 0 saturated heterocycles. The van der Waals surface area contributed by atoms with E-state index < -0.39 is 11.9 Å². The van der Waals surface area contributed by atoms with E-state index in [9.17, 15) is 9.50 Å². The van der Waals surface area contributed by atoms with E-state index in [0.29, 0.717) is 5.56 Å². The quantitative estimate of drug-likeness (QED) is 0.846. The minimum absolute atomic E-state index is 0.0921. The van der Waals surface area contributed by atoms with Gasteiger partial charge in [-0.2, -0.15) is 0 Å². The average Bonchev–Trinajstić information content (AvgIpc) is 2.44. The van der Waals surface area contributed by atoms with E-state index in [-0.39, 0.29) is 11.4 Å². The van der Waals surface area contributed by atoms with Gasteiger partial charge in [-0.25, -0.2) is 4.39 Å². The van der Waals surface area contributed by atoms with Gasteiger partial charge < -0.3 is 5.11 Å². The Hall–Kier alpha value is -1.38. The van der Waals surface area contributed by atoms with Crippen molar-refractivity contribution in [2.45, 2.75) is 32.3 Å². The van der Waals surface area contributed by atoms with Crippen LogP contribution in [-0.4, -0.2) is 5.11 Å². The van der Waals surface area contributed by atoms with Crippen LogP contribution in [0.25, 0.3) is 0 Å². The minimum Gasteiger partial charge on any atom is -0.388 e. The van der Waals surface area contributed by atoms with Crippen LogP contribution >= 0.6 is 11.6 Å². The molecule has 0 aliphatic heterocycles. The fourth-order valence-corrected chi connectivity index (χ4v) is 2.47. The lowest BCUT2D eigenvalue weighted by molar-refractivity contribution is 0.177. The van der Waals surface area contributed by atoms with Gasteiger partial charge in [0.2, 0.25) is 0 Å². The molecule has 20 heavy (non-hydrogen) atoms. The molecule has 0 fully saturated rings. The molecule has 0 bridgehead atoms. The molecule has 2 aromatic rings. The second-order valence-electron chi connectivity index (χ2n) is 4.93. The fraction of sp³-hybridized carbons (Fsp3) is 0.294. The van der Waals surface area contributed by atoms with Crippen LogP contribution in [0.3, 0.4) is 0 Å². The van der Waals surface area contributed by atoms with Crippen molar-refractivity contribution in [2.75, 3.05) is 0 Å². The van der Waals surface area contributed by atoms with Crippen LogP contribution < -0.4 is 0 Å². The van der Waals surface area contributed by atoms with Crippen molar-refractivity contribution in [1.82, 2.24) is 0 Å². The van der Waals surface area contributed by atoms with Crippen LogP contribution in [-0.2, 0) is 12.8 Å². The normalized spacial score (nSPS) is 12.4. The lowest BCUT2D eigenvalue weighted by Crippen LogP contribution is -2.04. The van der Waals surface area contributed by atoms with Gasteiger partial charge in [0.15, 0.2) is 0 Å². The maximum Gasteiger partial charge on any atom is 0.145 e. The van der Waals surface area contributed by atoms with Crippen LogP contribution in [0.5, 0.6) is 0 Å². The fourth-order valence-electron chi connectivity index (χ4n) is 2.28. The highest BCUT2D eigenvalue weighted by Crippen LogP contribution is 2.24. The number of benzene rings is 2. The third kappa shape index (κ3) is 3.59. The molecule has 2 rings (SSSR count). The molecule has 1 atom stereocenters. The number of halogens is 2. The Morgan fingerprint density at radius 2 is 1.95 bits per heavy atom. The first-order chi connectivity index (χ1) is 9.61. The van der Waals surface area contributed by atoms with E-state index in [4.69, 9.17) is 11.6 Å². The number of rotatable bonds is 5. The van der Waals surface area contributed by atoms with Gasteiger partial charge >= 0.3 is 0 Å². The van der Waals surface area contributed by atoms with Crippen LogP contribution in [0.1, 0.15) is 36.1 Å². The molecule has 0 aromatic heterocycles. The van der Waals surface area contributed by atoms with Crippen molar-refractivity contribution < 1.29 is 9.50 Å². The lowest BCUT2D eigenvalue weighted by Gasteiger charge is -2.13. The Morgan fingerprint density at radius 1 is 1.20 bits per heavy atom. The molecule has 0 saturated carbocycles. The zero-order valence-electron chi connectivity index (χ0n) is 11.4. The molecule has 106 valence electrons. The summed E-state index contributed by atoms with van der Waals surface area (Å²) in [5, 5.41) is 10.4. The summed E-state index contributed by atoms with van der Waals surface area (Å²) in [4.78, 5) is 0. The van der Waals surface area contributed by atoms with Crippen molar-refractivity contribution in [3.8, 4) is 0 Å². The first-order valence-electron chi connectivity index (χ1n) is 6.81. The van der Waals surface area contributed by atoms with Gasteiger partial charge in [0.1, 0.15) is 5.82 Å². The lowest BCUT2D eigenvalue weighted by atomic mass is 9.98. The van der Waals surface area contributed by atoms with Crippen molar-refractivity contribution >= 4 is 11.6 Å². The van der Waals surface area contributed by atoms with Crippen LogP contribution in [0.4, 0.5) is 4.39 Å². The summed E-state index contributed by atoms with van der Waals surface area (Å²) < 4.78 is 13.8. The summed E-state index contributed by atoms with van der Waals surface area (Å²) in [5.74, 6) is -0.446. The monoisotopic (exact) mass is 292 g/mol. The SMILES string of the molecule is CCCc1cccc(C(O)Cc2cccc(Cl)c2F)c1. The molecule has 1 nitrogen and oxygen atoms in total. The molecule has 2 aromatic carbocycles. The van der Waals surface area contributed by atoms with Gasteiger partial charge in [0.05, 0.1) is 11.1 Å². The van der Waals surface area contributed by atoms with E-state index in [0.717, 1.165) is 18.4 Å². The largest absolute Gasteiger partial charge is 0.388 e. The Labute approximate surface area is 124 Å². The van der Waals surface area contributed by atoms with Gasteiger partial charge in [-0.1, -0.05) is 61.3 Å². The van der Waals surface area contributed by atoms with Crippen molar-refractivity contribution in [3.63, 3.8) is 0 Å². The molecule has 1 N–H and O–H groups in total. The smallest absolute Gasteiger partial charge is 0.145 e. The standard InChI is InChI=1S/C17H18ClFO/c1-2-5-12-6-3-7-13(10-12)16(20)11-14-8-4-9-15(18)17(14)19/h3-4,6-10,16,20H,2,5,11H2,1H3. The van der Waals surface area contributed by atoms with Crippen LogP contribution in [0.2, 0.25) is 5.02 Å². The summed E-state index contributed by atoms with van der Waals surface area (Å²) in [6.45, 7) is 2.12. The highest BCUT2D eigenvalue weighted by atomic mass is 35.5. The zero-order chi connectivity index (χ0) is 14.5. The molecule has 0 amide bonds. The number of aliphatic hydroxyl groups is 1. The van der Waals surface area contributed by atoms with Gasteiger partial charge in [-0.15, -0.1) is 0 Å². The maximum atomic E-state index is 13.8. The molecule has 0 aliphatic rings. The first-order valence-corrected chi connectivity index (χ1v) is 7.19. The molecular weight excluding hydrogens is 275 g/mol. The number of aryl methyl sites for hydroxylation is 1. The molecular formula is C17H18ClFO. The Kier molecular flexibility index (Phi) is 5.16. The van der Waals surface area contributed by atoms with Gasteiger partial charge in [-0.05, 0) is 29.2 Å². The summed E-state index contributed by atoms with van der Waals surface area (Å²) in [5.41, 5.74) is 2.44. The van der Waals surface area contributed by atoms with E-state index in [1.54, 1.807) is 12.1 Å². The third-order valence-corrected chi connectivity index (χ3v) is 3.61. The van der Waals surface area contributed by atoms with Gasteiger partial charge in [-0.3, -0.25) is 0 Å². The zero-order valence-corrected chi connectivity index (χ0v) is 12.2. The molecule has 3 heteroatoms. The third-order valence-electron chi connectivity index (χ3n) is 3.32. The van der Waals surface area contributed by atoms with Crippen molar-refractivity contribution in [1.29, 1.82) is 0 Å². The molecule has 0 radical (unpaired) electrons. The van der Waals surface area contributed by atoms with E-state index in [2.05, 4.69) is 6.92 Å².